The van der Waals surface area contributed by atoms with Crippen LogP contribution < -0.4 is 0 Å². The average molecular weight is 360 g/mol. The highest BCUT2D eigenvalue weighted by molar-refractivity contribution is 7.17. The molecule has 25 heavy (non-hydrogen) atoms. The van der Waals surface area contributed by atoms with Crippen molar-refractivity contribution in [3.8, 4) is 10.6 Å². The fourth-order valence-electron chi connectivity index (χ4n) is 3.12. The lowest BCUT2D eigenvalue weighted by atomic mass is 10.1. The Morgan fingerprint density at radius 2 is 2.08 bits per heavy atom. The number of hydrogen-bond acceptors (Lipinski definition) is 5. The summed E-state index contributed by atoms with van der Waals surface area (Å²) in [5.74, 6) is -1.08. The summed E-state index contributed by atoms with van der Waals surface area (Å²) >= 11 is 1.35. The van der Waals surface area contributed by atoms with Gasteiger partial charge in [0.25, 0.3) is 5.91 Å². The van der Waals surface area contributed by atoms with Crippen molar-refractivity contribution in [2.75, 3.05) is 13.7 Å². The minimum atomic E-state index is -0.912. The molecule has 1 fully saturated rings. The van der Waals surface area contributed by atoms with E-state index >= 15 is 0 Å². The number of carboxylic acid groups (broad SMARTS) is 1. The van der Waals surface area contributed by atoms with Gasteiger partial charge in [0.1, 0.15) is 9.88 Å². The van der Waals surface area contributed by atoms with Crippen molar-refractivity contribution >= 4 is 23.2 Å². The van der Waals surface area contributed by atoms with Crippen LogP contribution in [0.3, 0.4) is 0 Å². The van der Waals surface area contributed by atoms with Crippen molar-refractivity contribution in [3.63, 3.8) is 0 Å². The van der Waals surface area contributed by atoms with Crippen molar-refractivity contribution in [3.05, 3.63) is 40.9 Å². The van der Waals surface area contributed by atoms with Crippen LogP contribution in [0.15, 0.2) is 30.3 Å². The topological polar surface area (TPSA) is 79.7 Å². The van der Waals surface area contributed by atoms with E-state index in [9.17, 15) is 9.59 Å². The molecular weight excluding hydrogens is 340 g/mol. The van der Waals surface area contributed by atoms with Gasteiger partial charge in [-0.2, -0.15) is 0 Å². The highest BCUT2D eigenvalue weighted by atomic mass is 32.1. The van der Waals surface area contributed by atoms with Gasteiger partial charge in [0, 0.05) is 25.3 Å². The Hall–Kier alpha value is -2.25. The SMILES string of the molecule is COC1CC(CC(=O)O)N(C(=O)c2sc(-c3ccccc3)nc2C)C1. The zero-order valence-electron chi connectivity index (χ0n) is 14.1. The van der Waals surface area contributed by atoms with Crippen LogP contribution in [0.1, 0.15) is 28.2 Å². The minimum Gasteiger partial charge on any atom is -0.481 e. The molecule has 1 amide bonds. The van der Waals surface area contributed by atoms with Crippen LogP contribution in [0, 0.1) is 6.92 Å². The van der Waals surface area contributed by atoms with E-state index in [1.807, 2.05) is 37.3 Å². The van der Waals surface area contributed by atoms with Crippen molar-refractivity contribution < 1.29 is 19.4 Å². The number of likely N-dealkylation sites (tertiary alicyclic amines) is 1. The van der Waals surface area contributed by atoms with Gasteiger partial charge < -0.3 is 14.7 Å². The lowest BCUT2D eigenvalue weighted by Crippen LogP contribution is -2.37. The van der Waals surface area contributed by atoms with Crippen molar-refractivity contribution in [2.45, 2.75) is 31.9 Å². The molecule has 1 aliphatic heterocycles. The summed E-state index contributed by atoms with van der Waals surface area (Å²) in [5, 5.41) is 9.91. The summed E-state index contributed by atoms with van der Waals surface area (Å²) in [5.41, 5.74) is 1.64. The zero-order chi connectivity index (χ0) is 18.0. The van der Waals surface area contributed by atoms with E-state index in [1.54, 1.807) is 12.0 Å². The van der Waals surface area contributed by atoms with Gasteiger partial charge in [0.2, 0.25) is 0 Å². The third-order valence-corrected chi connectivity index (χ3v) is 5.59. The monoisotopic (exact) mass is 360 g/mol. The van der Waals surface area contributed by atoms with Gasteiger partial charge in [-0.1, -0.05) is 30.3 Å². The lowest BCUT2D eigenvalue weighted by Gasteiger charge is -2.22. The van der Waals surface area contributed by atoms with Gasteiger partial charge in [-0.05, 0) is 13.3 Å². The molecule has 1 saturated heterocycles. The second kappa shape index (κ2) is 7.33. The molecule has 132 valence electrons. The molecule has 0 spiro atoms. The molecule has 0 bridgehead atoms. The number of amides is 1. The van der Waals surface area contributed by atoms with Crippen LogP contribution in [0.4, 0.5) is 0 Å². The van der Waals surface area contributed by atoms with E-state index < -0.39 is 5.97 Å². The number of hydrogen-bond donors (Lipinski definition) is 1. The second-order valence-corrected chi connectivity index (χ2v) is 7.10. The van der Waals surface area contributed by atoms with Crippen LogP contribution >= 0.6 is 11.3 Å². The highest BCUT2D eigenvalue weighted by Gasteiger charge is 2.38. The number of aliphatic carboxylic acids is 1. The molecule has 2 aromatic rings. The molecule has 1 aliphatic rings. The van der Waals surface area contributed by atoms with Crippen molar-refractivity contribution in [2.24, 2.45) is 0 Å². The van der Waals surface area contributed by atoms with Crippen LogP contribution in [0.5, 0.6) is 0 Å². The first-order valence-corrected chi connectivity index (χ1v) is 8.89. The summed E-state index contributed by atoms with van der Waals surface area (Å²) in [6, 6.07) is 9.35. The van der Waals surface area contributed by atoms with Gasteiger partial charge in [0.15, 0.2) is 0 Å². The Morgan fingerprint density at radius 1 is 1.36 bits per heavy atom. The first kappa shape index (κ1) is 17.6. The van der Waals surface area contributed by atoms with Gasteiger partial charge in [-0.3, -0.25) is 9.59 Å². The maximum absolute atomic E-state index is 13.0. The lowest BCUT2D eigenvalue weighted by molar-refractivity contribution is -0.137. The minimum absolute atomic E-state index is 0.0744. The normalized spacial score (nSPS) is 20.0. The van der Waals surface area contributed by atoms with Gasteiger partial charge in [-0.25, -0.2) is 4.98 Å². The first-order valence-electron chi connectivity index (χ1n) is 8.08. The molecule has 6 nitrogen and oxygen atoms in total. The molecule has 2 atom stereocenters. The third-order valence-electron chi connectivity index (χ3n) is 4.39. The van der Waals surface area contributed by atoms with E-state index in [0.717, 1.165) is 10.6 Å². The van der Waals surface area contributed by atoms with Crippen molar-refractivity contribution in [1.82, 2.24) is 9.88 Å². The summed E-state index contributed by atoms with van der Waals surface area (Å²) in [6.07, 6.45) is 0.336. The maximum Gasteiger partial charge on any atom is 0.305 e. The Kier molecular flexibility index (Phi) is 5.15. The predicted molar refractivity (Wildman–Crippen MR) is 94.8 cm³/mol. The number of carbonyl (C=O) groups excluding carboxylic acids is 1. The number of carboxylic acids is 1. The van der Waals surface area contributed by atoms with E-state index in [0.29, 0.717) is 23.5 Å². The summed E-state index contributed by atoms with van der Waals surface area (Å²) in [4.78, 5) is 30.8. The van der Waals surface area contributed by atoms with Crippen molar-refractivity contribution in [1.29, 1.82) is 0 Å². The fraction of sp³-hybridized carbons (Fsp3) is 0.389. The maximum atomic E-state index is 13.0. The average Bonchev–Trinajstić information content (AvgIpc) is 3.18. The first-order chi connectivity index (χ1) is 12.0. The molecule has 0 saturated carbocycles. The molecule has 7 heteroatoms. The number of ether oxygens (including phenoxy) is 1. The van der Waals surface area contributed by atoms with E-state index in [4.69, 9.17) is 9.84 Å². The molecule has 0 aliphatic carbocycles. The summed E-state index contributed by atoms with van der Waals surface area (Å²) in [6.45, 7) is 2.22. The third kappa shape index (κ3) is 3.72. The fourth-order valence-corrected chi connectivity index (χ4v) is 4.15. The number of aromatic nitrogens is 1. The Labute approximate surface area is 150 Å². The number of thiazole rings is 1. The quantitative estimate of drug-likeness (QED) is 0.887. The molecule has 1 aromatic carbocycles. The molecule has 2 unspecified atom stereocenters. The van der Waals surface area contributed by atoms with Crippen LogP contribution in [-0.2, 0) is 9.53 Å². The highest BCUT2D eigenvalue weighted by Crippen LogP contribution is 2.31. The zero-order valence-corrected chi connectivity index (χ0v) is 15.0. The molecular formula is C18H20N2O4S. The number of aryl methyl sites for hydroxylation is 1. The number of carbonyl (C=O) groups is 2. The van der Waals surface area contributed by atoms with Crippen LogP contribution in [-0.4, -0.2) is 52.7 Å². The Balaban J connectivity index is 1.87. The molecule has 1 N–H and O–H groups in total. The van der Waals surface area contributed by atoms with Gasteiger partial charge >= 0.3 is 5.97 Å². The molecule has 0 radical (unpaired) electrons. The smallest absolute Gasteiger partial charge is 0.305 e. The molecule has 1 aromatic heterocycles. The second-order valence-electron chi connectivity index (χ2n) is 6.10. The Morgan fingerprint density at radius 3 is 2.72 bits per heavy atom. The van der Waals surface area contributed by atoms with Crippen LogP contribution in [0.25, 0.3) is 10.6 Å². The largest absolute Gasteiger partial charge is 0.481 e. The summed E-state index contributed by atoms with van der Waals surface area (Å²) < 4.78 is 5.34. The predicted octanol–water partition coefficient (Wildman–Crippen LogP) is 2.82. The summed E-state index contributed by atoms with van der Waals surface area (Å²) in [7, 11) is 1.59. The van der Waals surface area contributed by atoms with E-state index in [1.165, 1.54) is 11.3 Å². The number of methoxy groups -OCH3 is 1. The van der Waals surface area contributed by atoms with Gasteiger partial charge in [0.05, 0.1) is 18.2 Å². The number of rotatable bonds is 5. The Bertz CT molecular complexity index is 775. The van der Waals surface area contributed by atoms with Crippen LogP contribution in [0.2, 0.25) is 0 Å². The standard InChI is InChI=1S/C18H20N2O4S/c1-11-16(25-17(19-11)12-6-4-3-5-7-12)18(23)20-10-14(24-2)8-13(20)9-15(21)22/h3-7,13-14H,8-10H2,1-2H3,(H,21,22). The number of benzene rings is 1. The van der Waals surface area contributed by atoms with Gasteiger partial charge in [-0.15, -0.1) is 11.3 Å². The van der Waals surface area contributed by atoms with E-state index in [-0.39, 0.29) is 24.5 Å². The number of nitrogens with zero attached hydrogens (tertiary/aromatic N) is 2. The van der Waals surface area contributed by atoms with E-state index in [2.05, 4.69) is 4.98 Å². The molecule has 2 heterocycles. The molecule has 3 rings (SSSR count).